The number of rotatable bonds is 7. The minimum atomic E-state index is 0.299. The van der Waals surface area contributed by atoms with Gasteiger partial charge in [-0.15, -0.1) is 0 Å². The monoisotopic (exact) mass is 349 g/mol. The molecule has 0 aliphatic carbocycles. The van der Waals surface area contributed by atoms with Gasteiger partial charge in [0.25, 0.3) is 0 Å². The fourth-order valence-electron chi connectivity index (χ4n) is 3.91. The molecule has 2 aromatic rings. The molecule has 2 unspecified atom stereocenters. The van der Waals surface area contributed by atoms with E-state index in [1.54, 1.807) is 7.11 Å². The highest BCUT2D eigenvalue weighted by molar-refractivity contribution is 5.33. The van der Waals surface area contributed by atoms with Crippen molar-refractivity contribution in [3.63, 3.8) is 0 Å². The second-order valence-electron chi connectivity index (χ2n) is 6.74. The Morgan fingerprint density at radius 3 is 2.69 bits per heavy atom. The van der Waals surface area contributed by atoms with Crippen LogP contribution in [0.5, 0.6) is 5.75 Å². The quantitative estimate of drug-likeness (QED) is 0.823. The zero-order chi connectivity index (χ0) is 18.2. The van der Waals surface area contributed by atoms with Crippen LogP contribution in [0.1, 0.15) is 36.4 Å². The van der Waals surface area contributed by atoms with E-state index in [9.17, 15) is 0 Å². The van der Waals surface area contributed by atoms with Crippen LogP contribution in [0.4, 0.5) is 0 Å². The second-order valence-corrected chi connectivity index (χ2v) is 6.74. The number of benzene rings is 2. The van der Waals surface area contributed by atoms with Gasteiger partial charge >= 0.3 is 0 Å². The van der Waals surface area contributed by atoms with Crippen molar-refractivity contribution in [3.8, 4) is 11.8 Å². The summed E-state index contributed by atoms with van der Waals surface area (Å²) in [4.78, 5) is 2.46. The smallest absolute Gasteiger partial charge is 0.123 e. The maximum Gasteiger partial charge on any atom is 0.123 e. The largest absolute Gasteiger partial charge is 0.496 e. The Balaban J connectivity index is 1.77. The van der Waals surface area contributed by atoms with Crippen molar-refractivity contribution in [3.05, 3.63) is 65.7 Å². The van der Waals surface area contributed by atoms with Crippen molar-refractivity contribution in [2.24, 2.45) is 0 Å². The summed E-state index contributed by atoms with van der Waals surface area (Å²) in [6, 6.07) is 21.8. The molecule has 4 nitrogen and oxygen atoms in total. The first-order chi connectivity index (χ1) is 12.8. The van der Waals surface area contributed by atoms with Crippen LogP contribution in [0, 0.1) is 11.3 Å². The maximum atomic E-state index is 9.02. The summed E-state index contributed by atoms with van der Waals surface area (Å²) in [5.41, 5.74) is 2.50. The van der Waals surface area contributed by atoms with Crippen LogP contribution in [0.2, 0.25) is 0 Å². The van der Waals surface area contributed by atoms with E-state index in [-0.39, 0.29) is 0 Å². The molecule has 0 spiro atoms. The van der Waals surface area contributed by atoms with Crippen LogP contribution in [0.15, 0.2) is 54.6 Å². The van der Waals surface area contributed by atoms with Gasteiger partial charge in [0.2, 0.25) is 0 Å². The molecule has 1 aliphatic heterocycles. The van der Waals surface area contributed by atoms with Gasteiger partial charge in [0.1, 0.15) is 5.75 Å². The van der Waals surface area contributed by atoms with Crippen LogP contribution in [-0.4, -0.2) is 31.1 Å². The van der Waals surface area contributed by atoms with E-state index in [1.807, 2.05) is 18.2 Å². The molecule has 0 radical (unpaired) electrons. The van der Waals surface area contributed by atoms with Gasteiger partial charge in [-0.3, -0.25) is 4.90 Å². The lowest BCUT2D eigenvalue weighted by Crippen LogP contribution is -2.48. The second kappa shape index (κ2) is 9.38. The lowest BCUT2D eigenvalue weighted by atomic mass is 9.90. The van der Waals surface area contributed by atoms with Gasteiger partial charge < -0.3 is 10.1 Å². The van der Waals surface area contributed by atoms with Crippen LogP contribution < -0.4 is 10.1 Å². The fourth-order valence-corrected chi connectivity index (χ4v) is 3.91. The van der Waals surface area contributed by atoms with E-state index in [2.05, 4.69) is 52.7 Å². The van der Waals surface area contributed by atoms with Crippen LogP contribution in [0.3, 0.4) is 0 Å². The zero-order valence-corrected chi connectivity index (χ0v) is 15.4. The van der Waals surface area contributed by atoms with Gasteiger partial charge in [-0.1, -0.05) is 48.5 Å². The third kappa shape index (κ3) is 4.43. The number of ether oxygens (including phenoxy) is 1. The summed E-state index contributed by atoms with van der Waals surface area (Å²) < 4.78 is 5.48. The van der Waals surface area contributed by atoms with Crippen molar-refractivity contribution in [1.29, 1.82) is 5.26 Å². The molecule has 1 aliphatic rings. The predicted molar refractivity (Wildman–Crippen MR) is 104 cm³/mol. The number of likely N-dealkylation sites (tertiary alicyclic amines) is 1. The predicted octanol–water partition coefficient (Wildman–Crippen LogP) is 3.90. The molecule has 2 atom stereocenters. The summed E-state index contributed by atoms with van der Waals surface area (Å²) in [6.07, 6.45) is 2.86. The average molecular weight is 349 g/mol. The summed E-state index contributed by atoms with van der Waals surface area (Å²) in [5.74, 6) is 0.924. The molecular weight excluding hydrogens is 322 g/mol. The van der Waals surface area contributed by atoms with Crippen LogP contribution in [-0.2, 0) is 6.54 Å². The van der Waals surface area contributed by atoms with Crippen molar-refractivity contribution in [2.45, 2.75) is 37.9 Å². The molecule has 4 heteroatoms. The number of hydrogen-bond acceptors (Lipinski definition) is 4. The molecule has 1 saturated heterocycles. The first kappa shape index (κ1) is 18.4. The lowest BCUT2D eigenvalue weighted by Gasteiger charge is -2.42. The molecule has 136 valence electrons. The summed E-state index contributed by atoms with van der Waals surface area (Å²) in [5, 5.41) is 12.8. The molecule has 1 fully saturated rings. The van der Waals surface area contributed by atoms with Crippen LogP contribution in [0.25, 0.3) is 0 Å². The molecule has 2 aromatic carbocycles. The number of nitrogens with zero attached hydrogens (tertiary/aromatic N) is 2. The lowest BCUT2D eigenvalue weighted by molar-refractivity contribution is 0.113. The molecule has 0 amide bonds. The molecule has 26 heavy (non-hydrogen) atoms. The van der Waals surface area contributed by atoms with E-state index in [1.165, 1.54) is 11.1 Å². The highest BCUT2D eigenvalue weighted by Gasteiger charge is 2.32. The zero-order valence-electron chi connectivity index (χ0n) is 15.4. The molecule has 0 aromatic heterocycles. The number of nitriles is 1. The first-order valence-corrected chi connectivity index (χ1v) is 9.34. The fraction of sp³-hybridized carbons (Fsp3) is 0.409. The van der Waals surface area contributed by atoms with Gasteiger partial charge in [-0.2, -0.15) is 5.26 Å². The molecule has 0 bridgehead atoms. The summed E-state index contributed by atoms with van der Waals surface area (Å²) >= 11 is 0. The topological polar surface area (TPSA) is 48.3 Å². The molecule has 1 N–H and O–H groups in total. The summed E-state index contributed by atoms with van der Waals surface area (Å²) in [7, 11) is 1.72. The minimum Gasteiger partial charge on any atom is -0.496 e. The number of hydrogen-bond donors (Lipinski definition) is 1. The van der Waals surface area contributed by atoms with Crippen molar-refractivity contribution < 1.29 is 4.74 Å². The SMILES string of the molecule is COc1ccccc1CNC1CCCN(CCC#N)C1c1ccccc1. The van der Waals surface area contributed by atoms with E-state index < -0.39 is 0 Å². The first-order valence-electron chi connectivity index (χ1n) is 9.34. The number of methoxy groups -OCH3 is 1. The van der Waals surface area contributed by atoms with Crippen molar-refractivity contribution >= 4 is 0 Å². The number of para-hydroxylation sites is 1. The normalized spacial score (nSPS) is 20.5. The Morgan fingerprint density at radius 1 is 1.15 bits per heavy atom. The summed E-state index contributed by atoms with van der Waals surface area (Å²) in [6.45, 7) is 2.65. The van der Waals surface area contributed by atoms with E-state index in [0.717, 1.165) is 38.2 Å². The van der Waals surface area contributed by atoms with Gasteiger partial charge in [0.15, 0.2) is 0 Å². The van der Waals surface area contributed by atoms with Crippen LogP contribution >= 0.6 is 0 Å². The van der Waals surface area contributed by atoms with E-state index >= 15 is 0 Å². The van der Waals surface area contributed by atoms with E-state index in [4.69, 9.17) is 10.00 Å². The molecule has 0 saturated carbocycles. The third-order valence-corrected chi connectivity index (χ3v) is 5.13. The Morgan fingerprint density at radius 2 is 1.92 bits per heavy atom. The minimum absolute atomic E-state index is 0.299. The maximum absolute atomic E-state index is 9.02. The molecule has 3 rings (SSSR count). The average Bonchev–Trinajstić information content (AvgIpc) is 2.71. The van der Waals surface area contributed by atoms with Gasteiger partial charge in [-0.05, 0) is 31.0 Å². The Hall–Kier alpha value is -2.35. The highest BCUT2D eigenvalue weighted by atomic mass is 16.5. The molecular formula is C22H27N3O. The van der Waals surface area contributed by atoms with Crippen molar-refractivity contribution in [1.82, 2.24) is 10.2 Å². The standard InChI is InChI=1S/C22H27N3O/c1-26-21-13-6-5-11-19(21)17-24-20-12-7-15-25(16-8-14-23)22(20)18-9-3-2-4-10-18/h2-6,9-11,13,20,22,24H,7-8,12,15-17H2,1H3. The highest BCUT2D eigenvalue weighted by Crippen LogP contribution is 2.32. The van der Waals surface area contributed by atoms with Gasteiger partial charge in [0, 0.05) is 31.1 Å². The third-order valence-electron chi connectivity index (χ3n) is 5.13. The number of piperidine rings is 1. The number of nitrogens with one attached hydrogen (secondary N) is 1. The van der Waals surface area contributed by atoms with E-state index in [0.29, 0.717) is 18.5 Å². The Labute approximate surface area is 156 Å². The Kier molecular flexibility index (Phi) is 6.65. The molecule has 1 heterocycles. The Bertz CT molecular complexity index is 726. The van der Waals surface area contributed by atoms with Crippen molar-refractivity contribution in [2.75, 3.05) is 20.2 Å². The van der Waals surface area contributed by atoms with Gasteiger partial charge in [0.05, 0.1) is 19.2 Å². The van der Waals surface area contributed by atoms with Gasteiger partial charge in [-0.25, -0.2) is 0 Å².